The van der Waals surface area contributed by atoms with Gasteiger partial charge in [-0.2, -0.15) is 0 Å². The summed E-state index contributed by atoms with van der Waals surface area (Å²) in [5.41, 5.74) is 7.49. The van der Waals surface area contributed by atoms with Crippen molar-refractivity contribution < 1.29 is 4.42 Å². The Bertz CT molecular complexity index is 4420. The van der Waals surface area contributed by atoms with Crippen LogP contribution in [0.2, 0.25) is 0 Å². The molecule has 0 aliphatic carbocycles. The number of aromatic nitrogens is 4. The summed E-state index contributed by atoms with van der Waals surface area (Å²) in [6.07, 6.45) is 0. The highest BCUT2D eigenvalue weighted by atomic mass is 32.1. The number of benzene rings is 10. The molecule has 5 heterocycles. The minimum absolute atomic E-state index is 0.583. The van der Waals surface area contributed by atoms with Gasteiger partial charge in [-0.25, -0.2) is 15.0 Å². The SMILES string of the molecule is c1ccc2cc3c(cc2c1)c1c2ccccc2ccc1n3-c1cc2oc3ccccc3c2cc1-c1nc(-c2ccc3sc4ccccc4c3c2)nc(-c2ccc3sc4ccccc4c3c2)n1. The molecule has 0 atom stereocenters. The highest BCUT2D eigenvalue weighted by Gasteiger charge is 2.24. The number of hydrogen-bond acceptors (Lipinski definition) is 6. The van der Waals surface area contributed by atoms with Crippen molar-refractivity contribution in [3.05, 3.63) is 194 Å². The summed E-state index contributed by atoms with van der Waals surface area (Å²) in [5.74, 6) is 1.81. The molecule has 306 valence electrons. The van der Waals surface area contributed by atoms with Crippen molar-refractivity contribution in [2.75, 3.05) is 0 Å². The smallest absolute Gasteiger partial charge is 0.166 e. The van der Waals surface area contributed by atoms with E-state index in [1.165, 1.54) is 72.7 Å². The third-order valence-electron chi connectivity index (χ3n) is 13.4. The van der Waals surface area contributed by atoms with Crippen LogP contribution < -0.4 is 0 Å². The maximum Gasteiger partial charge on any atom is 0.166 e. The van der Waals surface area contributed by atoms with Gasteiger partial charge in [0, 0.05) is 84.6 Å². The van der Waals surface area contributed by atoms with Crippen LogP contribution in [-0.2, 0) is 0 Å². The fourth-order valence-corrected chi connectivity index (χ4v) is 12.5. The molecule has 0 unspecified atom stereocenters. The van der Waals surface area contributed by atoms with Gasteiger partial charge in [0.25, 0.3) is 0 Å². The van der Waals surface area contributed by atoms with E-state index < -0.39 is 0 Å². The third kappa shape index (κ3) is 5.29. The summed E-state index contributed by atoms with van der Waals surface area (Å²) in [7, 11) is 0. The maximum absolute atomic E-state index is 6.70. The molecule has 0 radical (unpaired) electrons. The molecule has 15 rings (SSSR count). The Morgan fingerprint density at radius 3 is 1.61 bits per heavy atom. The van der Waals surface area contributed by atoms with Gasteiger partial charge < -0.3 is 8.98 Å². The molecule has 0 amide bonds. The molecule has 10 aromatic carbocycles. The highest BCUT2D eigenvalue weighted by Crippen LogP contribution is 2.44. The van der Waals surface area contributed by atoms with Crippen LogP contribution in [0.3, 0.4) is 0 Å². The van der Waals surface area contributed by atoms with Gasteiger partial charge in [0.1, 0.15) is 11.2 Å². The van der Waals surface area contributed by atoms with Crippen molar-refractivity contribution >= 4 is 128 Å². The molecule has 66 heavy (non-hydrogen) atoms. The summed E-state index contributed by atoms with van der Waals surface area (Å²) < 4.78 is 14.1. The van der Waals surface area contributed by atoms with Crippen molar-refractivity contribution in [1.29, 1.82) is 0 Å². The van der Waals surface area contributed by atoms with Crippen molar-refractivity contribution in [3.63, 3.8) is 0 Å². The standard InChI is InChI=1S/C59H32N4OS2/c1-2-13-35-30-48-45(27-34(35)12-1)56-38-14-4-3-11-33(38)21-24-47(56)63(48)49-32-51-42(39-15-5-8-18-50(39)64-51)31-46(49)59-61-57(36-22-25-54-43(28-36)40-16-6-9-19-52(40)65-54)60-58(62-59)37-23-26-55-44(29-37)41-17-7-10-20-53(41)66-55/h1-32H. The van der Waals surface area contributed by atoms with Crippen LogP contribution in [0.25, 0.3) is 145 Å². The van der Waals surface area contributed by atoms with Gasteiger partial charge in [-0.3, -0.25) is 0 Å². The molecule has 5 aromatic heterocycles. The topological polar surface area (TPSA) is 56.7 Å². The fraction of sp³-hybridized carbons (Fsp3) is 0. The van der Waals surface area contributed by atoms with E-state index in [1.807, 2.05) is 34.8 Å². The van der Waals surface area contributed by atoms with Crippen molar-refractivity contribution in [2.45, 2.75) is 0 Å². The van der Waals surface area contributed by atoms with E-state index in [1.54, 1.807) is 0 Å². The second-order valence-corrected chi connectivity index (χ2v) is 19.3. The predicted molar refractivity (Wildman–Crippen MR) is 279 cm³/mol. The number of fused-ring (bicyclic) bond motifs is 15. The Kier molecular flexibility index (Phi) is 7.47. The monoisotopic (exact) mass is 876 g/mol. The summed E-state index contributed by atoms with van der Waals surface area (Å²) in [6, 6.07) is 69.7. The second kappa shape index (κ2) is 13.6. The maximum atomic E-state index is 6.70. The lowest BCUT2D eigenvalue weighted by Gasteiger charge is -2.15. The third-order valence-corrected chi connectivity index (χ3v) is 15.7. The molecule has 0 saturated heterocycles. The Balaban J connectivity index is 1.07. The molecule has 0 N–H and O–H groups in total. The van der Waals surface area contributed by atoms with E-state index in [9.17, 15) is 0 Å². The number of nitrogens with zero attached hydrogens (tertiary/aromatic N) is 4. The first-order valence-corrected chi connectivity index (χ1v) is 23.7. The second-order valence-electron chi connectivity index (χ2n) is 17.1. The number of furan rings is 1. The number of para-hydroxylation sites is 1. The Morgan fingerprint density at radius 2 is 0.909 bits per heavy atom. The first-order valence-electron chi connectivity index (χ1n) is 22.1. The molecule has 5 nitrogen and oxygen atoms in total. The van der Waals surface area contributed by atoms with Crippen molar-refractivity contribution in [1.82, 2.24) is 19.5 Å². The fourth-order valence-electron chi connectivity index (χ4n) is 10.3. The predicted octanol–water partition coefficient (Wildman–Crippen LogP) is 16.9. The lowest BCUT2D eigenvalue weighted by Crippen LogP contribution is -2.04. The number of thiophene rings is 2. The summed E-state index contributed by atoms with van der Waals surface area (Å²) in [5, 5.41) is 14.0. The number of rotatable bonds is 4. The minimum atomic E-state index is 0.583. The molecule has 0 spiro atoms. The van der Waals surface area contributed by atoms with Crippen LogP contribution in [-0.4, -0.2) is 19.5 Å². The lowest BCUT2D eigenvalue weighted by molar-refractivity contribution is 0.668. The Labute approximate surface area is 384 Å². The summed E-state index contributed by atoms with van der Waals surface area (Å²) in [4.78, 5) is 16.4. The van der Waals surface area contributed by atoms with E-state index in [-0.39, 0.29) is 0 Å². The average molecular weight is 877 g/mol. The number of hydrogen-bond donors (Lipinski definition) is 0. The van der Waals surface area contributed by atoms with Crippen LogP contribution in [0.4, 0.5) is 0 Å². The van der Waals surface area contributed by atoms with Crippen LogP contribution >= 0.6 is 22.7 Å². The lowest BCUT2D eigenvalue weighted by atomic mass is 10.0. The first kappa shape index (κ1) is 36.1. The van der Waals surface area contributed by atoms with E-state index >= 15 is 0 Å². The first-order chi connectivity index (χ1) is 32.7. The summed E-state index contributed by atoms with van der Waals surface area (Å²) in [6.45, 7) is 0. The largest absolute Gasteiger partial charge is 0.456 e. The van der Waals surface area contributed by atoms with E-state index in [2.05, 4.69) is 187 Å². The summed E-state index contributed by atoms with van der Waals surface area (Å²) >= 11 is 3.62. The van der Waals surface area contributed by atoms with Gasteiger partial charge in [-0.05, 0) is 100 Å². The van der Waals surface area contributed by atoms with Gasteiger partial charge in [0.15, 0.2) is 17.5 Å². The highest BCUT2D eigenvalue weighted by molar-refractivity contribution is 7.26. The Hall–Kier alpha value is -8.23. The molecule has 15 aromatic rings. The van der Waals surface area contributed by atoms with Crippen molar-refractivity contribution in [3.8, 4) is 39.9 Å². The molecule has 0 aliphatic heterocycles. The van der Waals surface area contributed by atoms with Gasteiger partial charge in [-0.1, -0.05) is 109 Å². The average Bonchev–Trinajstić information content (AvgIpc) is 4.13. The van der Waals surface area contributed by atoms with E-state index in [0.717, 1.165) is 55.3 Å². The van der Waals surface area contributed by atoms with Gasteiger partial charge in [0.05, 0.1) is 16.7 Å². The molecule has 0 aliphatic rings. The molecule has 7 heteroatoms. The van der Waals surface area contributed by atoms with Crippen LogP contribution in [0.15, 0.2) is 199 Å². The van der Waals surface area contributed by atoms with E-state index in [0.29, 0.717) is 17.5 Å². The molecule has 0 saturated carbocycles. The molecular weight excluding hydrogens is 845 g/mol. The zero-order valence-electron chi connectivity index (χ0n) is 35.0. The normalized spacial score (nSPS) is 12.2. The molecule has 0 fully saturated rings. The quantitative estimate of drug-likeness (QED) is 0.177. The molecule has 0 bridgehead atoms. The van der Waals surface area contributed by atoms with Gasteiger partial charge >= 0.3 is 0 Å². The van der Waals surface area contributed by atoms with Crippen LogP contribution in [0.5, 0.6) is 0 Å². The van der Waals surface area contributed by atoms with Gasteiger partial charge in [0.2, 0.25) is 0 Å². The van der Waals surface area contributed by atoms with E-state index in [4.69, 9.17) is 19.4 Å². The zero-order valence-corrected chi connectivity index (χ0v) is 36.6. The van der Waals surface area contributed by atoms with Crippen molar-refractivity contribution in [2.24, 2.45) is 0 Å². The molecular formula is C59H32N4OS2. The Morgan fingerprint density at radius 1 is 0.348 bits per heavy atom. The minimum Gasteiger partial charge on any atom is -0.456 e. The van der Waals surface area contributed by atoms with Gasteiger partial charge in [-0.15, -0.1) is 22.7 Å². The van der Waals surface area contributed by atoms with Crippen LogP contribution in [0, 0.1) is 0 Å². The van der Waals surface area contributed by atoms with Crippen LogP contribution in [0.1, 0.15) is 0 Å². The zero-order chi connectivity index (χ0) is 43.0.